The number of aliphatic carboxylic acids is 1. The van der Waals surface area contributed by atoms with Crippen LogP contribution in [0, 0.1) is 0 Å². The highest BCUT2D eigenvalue weighted by molar-refractivity contribution is 5.96. The number of hydrogen-bond acceptors (Lipinski definition) is 4. The Kier molecular flexibility index (Phi) is 5.11. The summed E-state index contributed by atoms with van der Waals surface area (Å²) in [6.07, 6.45) is 1.61. The molecule has 2 atom stereocenters. The van der Waals surface area contributed by atoms with Crippen molar-refractivity contribution in [2.45, 2.75) is 32.4 Å². The molecule has 0 aliphatic carbocycles. The molecule has 1 unspecified atom stereocenters. The van der Waals surface area contributed by atoms with Crippen molar-refractivity contribution >= 4 is 17.8 Å². The summed E-state index contributed by atoms with van der Waals surface area (Å²) in [4.78, 5) is 34.1. The molecule has 1 rings (SSSR count). The highest BCUT2D eigenvalue weighted by Crippen LogP contribution is 2.00. The van der Waals surface area contributed by atoms with Gasteiger partial charge in [-0.15, -0.1) is 0 Å². The van der Waals surface area contributed by atoms with Gasteiger partial charge in [-0.25, -0.2) is 4.79 Å². The third-order valence-electron chi connectivity index (χ3n) is 2.51. The number of furan rings is 1. The van der Waals surface area contributed by atoms with Crippen LogP contribution >= 0.6 is 0 Å². The second-order valence-corrected chi connectivity index (χ2v) is 3.98. The molecule has 1 aromatic heterocycles. The molecule has 0 saturated carbocycles. The summed E-state index contributed by atoms with van der Waals surface area (Å²) in [7, 11) is 0. The molecular formula is C12H16N2O5. The molecule has 19 heavy (non-hydrogen) atoms. The average Bonchev–Trinajstić information content (AvgIpc) is 2.88. The van der Waals surface area contributed by atoms with Gasteiger partial charge >= 0.3 is 5.97 Å². The van der Waals surface area contributed by atoms with Crippen LogP contribution in [-0.4, -0.2) is 35.0 Å². The van der Waals surface area contributed by atoms with Gasteiger partial charge in [0, 0.05) is 0 Å². The van der Waals surface area contributed by atoms with Gasteiger partial charge in [0.1, 0.15) is 12.1 Å². The van der Waals surface area contributed by atoms with E-state index < -0.39 is 29.9 Å². The third kappa shape index (κ3) is 4.13. The number of carbonyl (C=O) groups is 3. The van der Waals surface area contributed by atoms with E-state index in [1.165, 1.54) is 19.3 Å². The highest BCUT2D eigenvalue weighted by Gasteiger charge is 2.23. The zero-order chi connectivity index (χ0) is 14.4. The molecule has 3 N–H and O–H groups in total. The maximum Gasteiger partial charge on any atom is 0.326 e. The number of rotatable bonds is 6. The highest BCUT2D eigenvalue weighted by atomic mass is 16.4. The van der Waals surface area contributed by atoms with Gasteiger partial charge in [-0.2, -0.15) is 0 Å². The lowest BCUT2D eigenvalue weighted by molar-refractivity contribution is -0.142. The van der Waals surface area contributed by atoms with Crippen LogP contribution in [0.5, 0.6) is 0 Å². The molecule has 0 spiro atoms. The van der Waals surface area contributed by atoms with Crippen LogP contribution in [0.25, 0.3) is 0 Å². The molecule has 2 amide bonds. The first-order valence-corrected chi connectivity index (χ1v) is 5.83. The van der Waals surface area contributed by atoms with Crippen molar-refractivity contribution in [3.05, 3.63) is 24.2 Å². The lowest BCUT2D eigenvalue weighted by Gasteiger charge is -2.17. The molecule has 0 saturated heterocycles. The van der Waals surface area contributed by atoms with Crippen LogP contribution in [0.2, 0.25) is 0 Å². The molecule has 0 bridgehead atoms. The number of carboxylic acids is 1. The second kappa shape index (κ2) is 6.58. The van der Waals surface area contributed by atoms with Crippen LogP contribution in [0.1, 0.15) is 30.8 Å². The monoisotopic (exact) mass is 268 g/mol. The molecule has 7 heteroatoms. The molecule has 104 valence electrons. The quantitative estimate of drug-likeness (QED) is 0.691. The van der Waals surface area contributed by atoms with Gasteiger partial charge < -0.3 is 20.2 Å². The number of carboxylic acid groups (broad SMARTS) is 1. The van der Waals surface area contributed by atoms with Gasteiger partial charge in [0.15, 0.2) is 5.76 Å². The maximum absolute atomic E-state index is 11.7. The van der Waals surface area contributed by atoms with Crippen molar-refractivity contribution < 1.29 is 23.9 Å². The Morgan fingerprint density at radius 1 is 1.37 bits per heavy atom. The van der Waals surface area contributed by atoms with Crippen LogP contribution < -0.4 is 10.6 Å². The molecule has 7 nitrogen and oxygen atoms in total. The summed E-state index contributed by atoms with van der Waals surface area (Å²) in [5, 5.41) is 13.6. The van der Waals surface area contributed by atoms with Crippen molar-refractivity contribution in [1.82, 2.24) is 10.6 Å². The van der Waals surface area contributed by atoms with Crippen LogP contribution in [-0.2, 0) is 9.59 Å². The lowest BCUT2D eigenvalue weighted by Crippen LogP contribution is -2.50. The summed E-state index contributed by atoms with van der Waals surface area (Å²) in [6, 6.07) is 1.20. The first kappa shape index (κ1) is 14.7. The third-order valence-corrected chi connectivity index (χ3v) is 2.51. The second-order valence-electron chi connectivity index (χ2n) is 3.98. The molecule has 1 aromatic rings. The number of nitrogens with one attached hydrogen (secondary N) is 2. The van der Waals surface area contributed by atoms with Crippen molar-refractivity contribution in [3.8, 4) is 0 Å². The fourth-order valence-corrected chi connectivity index (χ4v) is 1.38. The smallest absolute Gasteiger partial charge is 0.326 e. The van der Waals surface area contributed by atoms with E-state index in [0.717, 1.165) is 0 Å². The van der Waals surface area contributed by atoms with Gasteiger partial charge in [0.25, 0.3) is 5.91 Å². The van der Waals surface area contributed by atoms with Crippen LogP contribution in [0.3, 0.4) is 0 Å². The van der Waals surface area contributed by atoms with Gasteiger partial charge in [0.05, 0.1) is 6.26 Å². The summed E-state index contributed by atoms with van der Waals surface area (Å²) >= 11 is 0. The minimum Gasteiger partial charge on any atom is -0.480 e. The summed E-state index contributed by atoms with van der Waals surface area (Å²) in [5.74, 6) is -2.12. The lowest BCUT2D eigenvalue weighted by atomic mass is 10.2. The first-order valence-electron chi connectivity index (χ1n) is 5.83. The van der Waals surface area contributed by atoms with E-state index in [-0.39, 0.29) is 12.2 Å². The number of hydrogen-bond donors (Lipinski definition) is 3. The molecular weight excluding hydrogens is 252 g/mol. The summed E-state index contributed by atoms with van der Waals surface area (Å²) in [6.45, 7) is 3.11. The molecule has 0 aliphatic heterocycles. The number of amides is 2. The standard InChI is InChI=1S/C12H16N2O5/c1-3-8(12(17)18)14-10(15)7(2)13-11(16)9-5-4-6-19-9/h4-8H,3H2,1-2H3,(H,13,16)(H,14,15)(H,17,18)/t7?,8-/m0/s1. The normalized spacial score (nSPS) is 13.4. The molecule has 0 aromatic carbocycles. The van der Waals surface area contributed by atoms with Crippen LogP contribution in [0.4, 0.5) is 0 Å². The van der Waals surface area contributed by atoms with Gasteiger partial charge in [-0.3, -0.25) is 9.59 Å². The maximum atomic E-state index is 11.7. The van der Waals surface area contributed by atoms with E-state index in [1.807, 2.05) is 0 Å². The van der Waals surface area contributed by atoms with Crippen molar-refractivity contribution in [2.24, 2.45) is 0 Å². The van der Waals surface area contributed by atoms with Gasteiger partial charge in [0.2, 0.25) is 5.91 Å². The predicted octanol–water partition coefficient (Wildman–Crippen LogP) is 0.377. The summed E-state index contributed by atoms with van der Waals surface area (Å²) < 4.78 is 4.88. The van der Waals surface area contributed by atoms with Gasteiger partial charge in [-0.05, 0) is 25.5 Å². The van der Waals surface area contributed by atoms with Crippen molar-refractivity contribution in [3.63, 3.8) is 0 Å². The van der Waals surface area contributed by atoms with Crippen LogP contribution in [0.15, 0.2) is 22.8 Å². The Bertz CT molecular complexity index is 455. The van der Waals surface area contributed by atoms with E-state index >= 15 is 0 Å². The Labute approximate surface area is 110 Å². The zero-order valence-corrected chi connectivity index (χ0v) is 10.7. The number of carbonyl (C=O) groups excluding carboxylic acids is 2. The van der Waals surface area contributed by atoms with Crippen molar-refractivity contribution in [2.75, 3.05) is 0 Å². The van der Waals surface area contributed by atoms with E-state index in [1.54, 1.807) is 13.0 Å². The molecule has 0 radical (unpaired) electrons. The molecule has 0 aliphatic rings. The Morgan fingerprint density at radius 3 is 2.53 bits per heavy atom. The Hall–Kier alpha value is -2.31. The summed E-state index contributed by atoms with van der Waals surface area (Å²) in [5.41, 5.74) is 0. The van der Waals surface area contributed by atoms with E-state index in [9.17, 15) is 14.4 Å². The zero-order valence-electron chi connectivity index (χ0n) is 10.7. The minimum atomic E-state index is -1.11. The topological polar surface area (TPSA) is 109 Å². The first-order chi connectivity index (χ1) is 8.95. The van der Waals surface area contributed by atoms with E-state index in [2.05, 4.69) is 10.6 Å². The Morgan fingerprint density at radius 2 is 2.05 bits per heavy atom. The minimum absolute atomic E-state index is 0.0879. The molecule has 1 heterocycles. The largest absolute Gasteiger partial charge is 0.480 e. The Balaban J connectivity index is 2.53. The van der Waals surface area contributed by atoms with E-state index in [0.29, 0.717) is 0 Å². The molecule has 0 fully saturated rings. The predicted molar refractivity (Wildman–Crippen MR) is 65.5 cm³/mol. The SMILES string of the molecule is CC[C@H](NC(=O)C(C)NC(=O)c1ccco1)C(=O)O. The van der Waals surface area contributed by atoms with Gasteiger partial charge in [-0.1, -0.05) is 6.92 Å². The van der Waals surface area contributed by atoms with E-state index in [4.69, 9.17) is 9.52 Å². The fourth-order valence-electron chi connectivity index (χ4n) is 1.38. The average molecular weight is 268 g/mol. The fraction of sp³-hybridized carbons (Fsp3) is 0.417. The van der Waals surface area contributed by atoms with Crippen molar-refractivity contribution in [1.29, 1.82) is 0 Å².